The van der Waals surface area contributed by atoms with Gasteiger partial charge in [0.05, 0.1) is 11.8 Å². The number of nitrogens with one attached hydrogen (secondary N) is 2. The lowest BCUT2D eigenvalue weighted by molar-refractivity contribution is 0.0962. The Morgan fingerprint density at radius 2 is 1.76 bits per heavy atom. The highest BCUT2D eigenvalue weighted by atomic mass is 19.1. The predicted molar refractivity (Wildman–Crippen MR) is 91.3 cm³/mol. The molecule has 2 aromatic rings. The lowest BCUT2D eigenvalue weighted by Crippen LogP contribution is -2.35. The molecule has 3 rings (SSSR count). The van der Waals surface area contributed by atoms with Crippen molar-refractivity contribution in [1.82, 2.24) is 5.43 Å². The third-order valence-corrected chi connectivity index (χ3v) is 4.20. The Kier molecular flexibility index (Phi) is 5.14. The quantitative estimate of drug-likeness (QED) is 0.744. The number of rotatable bonds is 4. The van der Waals surface area contributed by atoms with E-state index < -0.39 is 17.5 Å². The van der Waals surface area contributed by atoms with Crippen LogP contribution in [0.15, 0.2) is 42.5 Å². The zero-order valence-electron chi connectivity index (χ0n) is 13.5. The average Bonchev–Trinajstić information content (AvgIpc) is 2.61. The average molecular weight is 347 g/mol. The molecule has 0 aromatic heterocycles. The van der Waals surface area contributed by atoms with Crippen LogP contribution in [0.4, 0.5) is 20.2 Å². The number of aliphatic hydroxyl groups is 1. The fourth-order valence-electron chi connectivity index (χ4n) is 2.73. The second-order valence-corrected chi connectivity index (χ2v) is 5.97. The number of benzene rings is 2. The monoisotopic (exact) mass is 347 g/mol. The van der Waals surface area contributed by atoms with Crippen molar-refractivity contribution in [3.05, 3.63) is 59.7 Å². The lowest BCUT2D eigenvalue weighted by Gasteiger charge is -2.31. The Morgan fingerprint density at radius 1 is 1.08 bits per heavy atom. The van der Waals surface area contributed by atoms with Gasteiger partial charge in [-0.1, -0.05) is 0 Å². The summed E-state index contributed by atoms with van der Waals surface area (Å²) in [5.74, 6) is -1.90. The second kappa shape index (κ2) is 7.48. The number of carbonyl (C=O) groups is 1. The van der Waals surface area contributed by atoms with Crippen LogP contribution in [0.5, 0.6) is 0 Å². The van der Waals surface area contributed by atoms with Gasteiger partial charge in [-0.15, -0.1) is 0 Å². The molecular weight excluding hydrogens is 328 g/mol. The minimum absolute atomic E-state index is 0.0155. The summed E-state index contributed by atoms with van der Waals surface area (Å²) in [5, 5.41) is 9.54. The third kappa shape index (κ3) is 4.24. The number of nitrogens with zero attached hydrogens (tertiary/aromatic N) is 1. The van der Waals surface area contributed by atoms with Crippen molar-refractivity contribution in [2.24, 2.45) is 0 Å². The summed E-state index contributed by atoms with van der Waals surface area (Å²) in [6.45, 7) is 1.55. The van der Waals surface area contributed by atoms with Crippen molar-refractivity contribution in [2.45, 2.75) is 18.9 Å². The van der Waals surface area contributed by atoms with Crippen LogP contribution in [0.25, 0.3) is 0 Å². The van der Waals surface area contributed by atoms with Gasteiger partial charge in [0.1, 0.15) is 5.82 Å². The van der Waals surface area contributed by atoms with Crippen LogP contribution >= 0.6 is 0 Å². The van der Waals surface area contributed by atoms with Crippen LogP contribution in [-0.2, 0) is 0 Å². The van der Waals surface area contributed by atoms with Crippen LogP contribution in [0, 0.1) is 11.6 Å². The molecule has 0 aliphatic carbocycles. The van der Waals surface area contributed by atoms with Crippen molar-refractivity contribution in [3.63, 3.8) is 0 Å². The van der Waals surface area contributed by atoms with Crippen molar-refractivity contribution < 1.29 is 18.7 Å². The second-order valence-electron chi connectivity index (χ2n) is 5.97. The minimum atomic E-state index is -0.789. The van der Waals surface area contributed by atoms with Gasteiger partial charge in [0.15, 0.2) is 5.82 Å². The summed E-state index contributed by atoms with van der Waals surface area (Å²) in [6, 6.07) is 10.1. The van der Waals surface area contributed by atoms with Crippen LogP contribution in [0.1, 0.15) is 23.2 Å². The standard InChI is InChI=1S/C18H19F2N3O2/c19-13-3-6-17(16(20)11-13)21-22-18(25)12-1-4-14(5-2-12)23-9-7-15(24)8-10-23/h1-6,11,15,21,24H,7-10H2,(H,22,25). The third-order valence-electron chi connectivity index (χ3n) is 4.20. The van der Waals surface area contributed by atoms with Crippen LogP contribution in [0.2, 0.25) is 0 Å². The Morgan fingerprint density at radius 3 is 2.40 bits per heavy atom. The minimum Gasteiger partial charge on any atom is -0.393 e. The zero-order chi connectivity index (χ0) is 17.8. The number of hydrazine groups is 1. The molecule has 5 nitrogen and oxygen atoms in total. The molecular formula is C18H19F2N3O2. The molecule has 1 aliphatic rings. The first-order valence-electron chi connectivity index (χ1n) is 8.07. The zero-order valence-corrected chi connectivity index (χ0v) is 13.5. The highest BCUT2D eigenvalue weighted by molar-refractivity contribution is 5.95. The highest BCUT2D eigenvalue weighted by Gasteiger charge is 2.17. The number of carbonyl (C=O) groups excluding carboxylic acids is 1. The topological polar surface area (TPSA) is 64.6 Å². The van der Waals surface area contributed by atoms with Gasteiger partial charge in [-0.25, -0.2) is 8.78 Å². The first kappa shape index (κ1) is 17.2. The number of anilines is 2. The molecule has 7 heteroatoms. The molecule has 0 spiro atoms. The molecule has 0 unspecified atom stereocenters. The maximum Gasteiger partial charge on any atom is 0.269 e. The van der Waals surface area contributed by atoms with Gasteiger partial charge in [0, 0.05) is 30.4 Å². The first-order chi connectivity index (χ1) is 12.0. The van der Waals surface area contributed by atoms with E-state index in [1.165, 1.54) is 6.07 Å². The maximum atomic E-state index is 13.5. The number of aliphatic hydroxyl groups excluding tert-OH is 1. The van der Waals surface area contributed by atoms with E-state index in [0.717, 1.165) is 43.8 Å². The molecule has 25 heavy (non-hydrogen) atoms. The van der Waals surface area contributed by atoms with Gasteiger partial charge in [0.25, 0.3) is 5.91 Å². The number of piperidine rings is 1. The summed E-state index contributed by atoms with van der Waals surface area (Å²) < 4.78 is 26.4. The molecule has 0 saturated carbocycles. The highest BCUT2D eigenvalue weighted by Crippen LogP contribution is 2.20. The van der Waals surface area contributed by atoms with E-state index in [-0.39, 0.29) is 11.8 Å². The van der Waals surface area contributed by atoms with Crippen LogP contribution in [0.3, 0.4) is 0 Å². The predicted octanol–water partition coefficient (Wildman–Crippen LogP) is 2.68. The van der Waals surface area contributed by atoms with E-state index in [9.17, 15) is 18.7 Å². The first-order valence-corrected chi connectivity index (χ1v) is 8.07. The Balaban J connectivity index is 1.59. The van der Waals surface area contributed by atoms with Crippen molar-refractivity contribution in [3.8, 4) is 0 Å². The molecule has 3 N–H and O–H groups in total. The number of amides is 1. The fraction of sp³-hybridized carbons (Fsp3) is 0.278. The van der Waals surface area contributed by atoms with Crippen LogP contribution < -0.4 is 15.8 Å². The van der Waals surface area contributed by atoms with Gasteiger partial charge in [-0.05, 0) is 49.2 Å². The SMILES string of the molecule is O=C(NNc1ccc(F)cc1F)c1ccc(N2CCC(O)CC2)cc1. The molecule has 1 aliphatic heterocycles. The van der Waals surface area contributed by atoms with E-state index in [1.807, 2.05) is 12.1 Å². The molecule has 1 heterocycles. The van der Waals surface area contributed by atoms with E-state index in [0.29, 0.717) is 5.56 Å². The van der Waals surface area contributed by atoms with E-state index in [1.54, 1.807) is 12.1 Å². The largest absolute Gasteiger partial charge is 0.393 e. The van der Waals surface area contributed by atoms with Crippen molar-refractivity contribution >= 4 is 17.3 Å². The molecule has 0 atom stereocenters. The Bertz CT molecular complexity index is 744. The maximum absolute atomic E-state index is 13.5. The summed E-state index contributed by atoms with van der Waals surface area (Å²) in [6.07, 6.45) is 1.23. The van der Waals surface area contributed by atoms with Crippen LogP contribution in [-0.4, -0.2) is 30.2 Å². The molecule has 2 aromatic carbocycles. The molecule has 1 amide bonds. The molecule has 1 saturated heterocycles. The summed E-state index contributed by atoms with van der Waals surface area (Å²) in [5.41, 5.74) is 6.21. The summed E-state index contributed by atoms with van der Waals surface area (Å²) >= 11 is 0. The van der Waals surface area contributed by atoms with Gasteiger partial charge in [0.2, 0.25) is 0 Å². The molecule has 0 bridgehead atoms. The van der Waals surface area contributed by atoms with E-state index >= 15 is 0 Å². The van der Waals surface area contributed by atoms with E-state index in [2.05, 4.69) is 15.8 Å². The molecule has 132 valence electrons. The normalized spacial score (nSPS) is 15.1. The van der Waals surface area contributed by atoms with Gasteiger partial charge in [-0.2, -0.15) is 0 Å². The smallest absolute Gasteiger partial charge is 0.269 e. The summed E-state index contributed by atoms with van der Waals surface area (Å²) in [7, 11) is 0. The number of hydrogen-bond donors (Lipinski definition) is 3. The van der Waals surface area contributed by atoms with Crippen molar-refractivity contribution in [1.29, 1.82) is 0 Å². The number of hydrogen-bond acceptors (Lipinski definition) is 4. The van der Waals surface area contributed by atoms with Gasteiger partial charge >= 0.3 is 0 Å². The van der Waals surface area contributed by atoms with Crippen molar-refractivity contribution in [2.75, 3.05) is 23.4 Å². The summed E-state index contributed by atoms with van der Waals surface area (Å²) in [4.78, 5) is 14.3. The Labute approximate surface area is 144 Å². The molecule has 1 fully saturated rings. The Hall–Kier alpha value is -2.67. The van der Waals surface area contributed by atoms with Gasteiger partial charge in [-0.3, -0.25) is 15.6 Å². The van der Waals surface area contributed by atoms with E-state index in [4.69, 9.17) is 0 Å². The number of halogens is 2. The molecule has 0 radical (unpaired) electrons. The van der Waals surface area contributed by atoms with Gasteiger partial charge < -0.3 is 10.0 Å². The fourth-order valence-corrected chi connectivity index (χ4v) is 2.73. The lowest BCUT2D eigenvalue weighted by atomic mass is 10.1.